The highest BCUT2D eigenvalue weighted by Gasteiger charge is 2.29. The molecule has 2 aromatic heterocycles. The second-order valence-corrected chi connectivity index (χ2v) is 11.7. The maximum Gasteiger partial charge on any atom is 0.265 e. The lowest BCUT2D eigenvalue weighted by Gasteiger charge is -2.23. The van der Waals surface area contributed by atoms with Gasteiger partial charge in [0.25, 0.3) is 11.8 Å². The van der Waals surface area contributed by atoms with Crippen molar-refractivity contribution in [1.29, 1.82) is 0 Å². The first-order valence-corrected chi connectivity index (χ1v) is 14.2. The van der Waals surface area contributed by atoms with Crippen LogP contribution in [0.3, 0.4) is 0 Å². The van der Waals surface area contributed by atoms with Crippen molar-refractivity contribution in [3.05, 3.63) is 92.5 Å². The van der Waals surface area contributed by atoms with E-state index in [9.17, 15) is 14.4 Å². The molecule has 3 heterocycles. The Morgan fingerprint density at radius 3 is 2.54 bits per heavy atom. The van der Waals surface area contributed by atoms with E-state index in [1.54, 1.807) is 35.6 Å². The highest BCUT2D eigenvalue weighted by molar-refractivity contribution is 7.17. The van der Waals surface area contributed by atoms with E-state index in [0.717, 1.165) is 32.1 Å². The molecular weight excluding hydrogens is 500 g/mol. The van der Waals surface area contributed by atoms with Gasteiger partial charge in [-0.2, -0.15) is 0 Å². The van der Waals surface area contributed by atoms with Gasteiger partial charge >= 0.3 is 0 Å². The van der Waals surface area contributed by atoms with Crippen LogP contribution in [0.1, 0.15) is 60.1 Å². The number of nitrogens with zero attached hydrogens (tertiary/aromatic N) is 1. The molecule has 1 aliphatic carbocycles. The lowest BCUT2D eigenvalue weighted by Crippen LogP contribution is -2.32. The zero-order valence-electron chi connectivity index (χ0n) is 20.5. The summed E-state index contributed by atoms with van der Waals surface area (Å²) >= 11 is 2.97. The summed E-state index contributed by atoms with van der Waals surface area (Å²) in [6, 6.07) is 19.0. The highest BCUT2D eigenvalue weighted by atomic mass is 32.1. The fourth-order valence-electron chi connectivity index (χ4n) is 4.77. The van der Waals surface area contributed by atoms with Gasteiger partial charge in [-0.1, -0.05) is 18.2 Å². The predicted molar refractivity (Wildman–Crippen MR) is 150 cm³/mol. The summed E-state index contributed by atoms with van der Waals surface area (Å²) in [6.45, 7) is 2.45. The van der Waals surface area contributed by atoms with Crippen LogP contribution in [0.15, 0.2) is 66.0 Å². The van der Waals surface area contributed by atoms with Gasteiger partial charge in [0, 0.05) is 34.7 Å². The molecule has 1 aliphatic heterocycles. The number of Topliss-reactive ketones (excluding diaryl/α,β-unsaturated/α-hetero) is 1. The third-order valence-corrected chi connectivity index (χ3v) is 9.27. The van der Waals surface area contributed by atoms with Gasteiger partial charge in [0.05, 0.1) is 15.4 Å². The summed E-state index contributed by atoms with van der Waals surface area (Å²) in [5, 5.41) is 4.81. The Morgan fingerprint density at radius 2 is 1.81 bits per heavy atom. The smallest absolute Gasteiger partial charge is 0.265 e. The SMILES string of the molecule is Cc1ccsc1C(=O)Nc1ccc(C(=O)N2CCc3cc(C(=O)CC4CC4)sc3-c3ccccc32)cc1. The van der Waals surface area contributed by atoms with Crippen molar-refractivity contribution < 1.29 is 14.4 Å². The molecule has 0 bridgehead atoms. The zero-order valence-corrected chi connectivity index (χ0v) is 22.1. The van der Waals surface area contributed by atoms with Crippen LogP contribution in [-0.4, -0.2) is 24.1 Å². The summed E-state index contributed by atoms with van der Waals surface area (Å²) in [5.74, 6) is 0.579. The molecule has 1 saturated carbocycles. The summed E-state index contributed by atoms with van der Waals surface area (Å²) in [4.78, 5) is 43.4. The Morgan fingerprint density at radius 1 is 1.03 bits per heavy atom. The number of carbonyl (C=O) groups is 3. The molecule has 186 valence electrons. The summed E-state index contributed by atoms with van der Waals surface area (Å²) in [5.41, 5.74) is 5.14. The first-order chi connectivity index (χ1) is 18.0. The molecule has 4 aromatic rings. The number of fused-ring (bicyclic) bond motifs is 3. The van der Waals surface area contributed by atoms with Crippen molar-refractivity contribution in [1.82, 2.24) is 0 Å². The number of hydrogen-bond donors (Lipinski definition) is 1. The minimum Gasteiger partial charge on any atom is -0.321 e. The Bertz CT molecular complexity index is 1510. The Labute approximate surface area is 223 Å². The molecule has 7 heteroatoms. The average Bonchev–Trinajstić information content (AvgIpc) is 3.49. The standard InChI is InChI=1S/C30H26N2O3S2/c1-18-13-15-36-27(18)29(34)31-22-10-8-20(9-11-22)30(35)32-14-12-21-17-26(25(33)16-19-6-7-19)37-28(21)23-4-2-3-5-24(23)32/h2-5,8-11,13,15,17,19H,6-7,12,14,16H2,1H3,(H,31,34). The minimum atomic E-state index is -0.144. The number of nitrogens with one attached hydrogen (secondary N) is 1. The van der Waals surface area contributed by atoms with Gasteiger partial charge in [0.1, 0.15) is 0 Å². The van der Waals surface area contributed by atoms with Gasteiger partial charge in [-0.25, -0.2) is 0 Å². The van der Waals surface area contributed by atoms with Crippen molar-refractivity contribution in [2.24, 2.45) is 5.92 Å². The van der Waals surface area contributed by atoms with Crippen molar-refractivity contribution in [2.75, 3.05) is 16.8 Å². The number of benzene rings is 2. The maximum atomic E-state index is 13.6. The number of amides is 2. The Hall–Kier alpha value is -3.55. The van der Waals surface area contributed by atoms with Gasteiger partial charge in [-0.05, 0) is 91.1 Å². The number of thiophene rings is 2. The van der Waals surface area contributed by atoms with Crippen LogP contribution in [0.25, 0.3) is 10.4 Å². The molecule has 6 rings (SSSR count). The zero-order chi connectivity index (χ0) is 25.5. The molecule has 2 amide bonds. The van der Waals surface area contributed by atoms with E-state index in [1.165, 1.54) is 24.2 Å². The predicted octanol–water partition coefficient (Wildman–Crippen LogP) is 7.22. The molecule has 0 saturated heterocycles. The van der Waals surface area contributed by atoms with E-state index in [2.05, 4.69) is 5.32 Å². The van der Waals surface area contributed by atoms with Crippen molar-refractivity contribution in [2.45, 2.75) is 32.6 Å². The first-order valence-electron chi connectivity index (χ1n) is 12.5. The lowest BCUT2D eigenvalue weighted by atomic mass is 10.1. The molecule has 0 spiro atoms. The third-order valence-electron chi connectivity index (χ3n) is 7.00. The number of anilines is 2. The number of hydrogen-bond acceptors (Lipinski definition) is 5. The lowest BCUT2D eigenvalue weighted by molar-refractivity contribution is 0.0974. The Balaban J connectivity index is 1.23. The van der Waals surface area contributed by atoms with Crippen LogP contribution >= 0.6 is 22.7 Å². The molecule has 1 N–H and O–H groups in total. The minimum absolute atomic E-state index is 0.0837. The molecular formula is C30H26N2O3S2. The number of carbonyl (C=O) groups excluding carboxylic acids is 3. The van der Waals surface area contributed by atoms with Crippen LogP contribution in [-0.2, 0) is 6.42 Å². The van der Waals surface area contributed by atoms with E-state index in [0.29, 0.717) is 41.4 Å². The monoisotopic (exact) mass is 526 g/mol. The number of para-hydroxylation sites is 1. The number of aryl methyl sites for hydroxylation is 1. The fourth-order valence-corrected chi connectivity index (χ4v) is 6.79. The molecule has 0 radical (unpaired) electrons. The van der Waals surface area contributed by atoms with Crippen molar-refractivity contribution in [3.8, 4) is 10.4 Å². The van der Waals surface area contributed by atoms with E-state index in [-0.39, 0.29) is 17.6 Å². The van der Waals surface area contributed by atoms with Crippen LogP contribution in [0, 0.1) is 12.8 Å². The van der Waals surface area contributed by atoms with Crippen molar-refractivity contribution >= 4 is 51.6 Å². The number of rotatable bonds is 6. The van der Waals surface area contributed by atoms with Gasteiger partial charge in [0.15, 0.2) is 5.78 Å². The van der Waals surface area contributed by atoms with Gasteiger partial charge in [0.2, 0.25) is 0 Å². The average molecular weight is 527 g/mol. The maximum absolute atomic E-state index is 13.6. The fraction of sp³-hybridized carbons (Fsp3) is 0.233. The van der Waals surface area contributed by atoms with Crippen LogP contribution in [0.2, 0.25) is 0 Å². The molecule has 2 aliphatic rings. The van der Waals surface area contributed by atoms with Crippen LogP contribution in [0.4, 0.5) is 11.4 Å². The molecule has 0 atom stereocenters. The van der Waals surface area contributed by atoms with Gasteiger partial charge < -0.3 is 10.2 Å². The third kappa shape index (κ3) is 4.77. The largest absolute Gasteiger partial charge is 0.321 e. The second kappa shape index (κ2) is 9.72. The van der Waals surface area contributed by atoms with Crippen LogP contribution < -0.4 is 10.2 Å². The van der Waals surface area contributed by atoms with E-state index < -0.39 is 0 Å². The van der Waals surface area contributed by atoms with Gasteiger partial charge in [-0.15, -0.1) is 22.7 Å². The molecule has 37 heavy (non-hydrogen) atoms. The van der Waals surface area contributed by atoms with Crippen LogP contribution in [0.5, 0.6) is 0 Å². The molecule has 5 nitrogen and oxygen atoms in total. The van der Waals surface area contributed by atoms with E-state index in [1.807, 2.05) is 53.6 Å². The molecule has 2 aromatic carbocycles. The topological polar surface area (TPSA) is 66.5 Å². The first kappa shape index (κ1) is 23.8. The summed E-state index contributed by atoms with van der Waals surface area (Å²) in [7, 11) is 0. The quantitative estimate of drug-likeness (QED) is 0.270. The summed E-state index contributed by atoms with van der Waals surface area (Å²) in [6.07, 6.45) is 3.67. The second-order valence-electron chi connectivity index (χ2n) is 9.72. The molecule has 0 unspecified atom stereocenters. The Kier molecular flexibility index (Phi) is 6.26. The highest BCUT2D eigenvalue weighted by Crippen LogP contribution is 2.43. The van der Waals surface area contributed by atoms with Gasteiger partial charge in [-0.3, -0.25) is 14.4 Å². The number of ketones is 1. The molecule has 1 fully saturated rings. The van der Waals surface area contributed by atoms with E-state index >= 15 is 0 Å². The summed E-state index contributed by atoms with van der Waals surface area (Å²) < 4.78 is 0. The van der Waals surface area contributed by atoms with Crippen molar-refractivity contribution in [3.63, 3.8) is 0 Å². The van der Waals surface area contributed by atoms with E-state index in [4.69, 9.17) is 0 Å². The normalized spacial score (nSPS) is 14.5.